The molecular weight excluding hydrogens is 328 g/mol. The van der Waals surface area contributed by atoms with Crippen LogP contribution in [-0.4, -0.2) is 29.9 Å². The van der Waals surface area contributed by atoms with Crippen molar-refractivity contribution in [1.82, 2.24) is 4.90 Å². The van der Waals surface area contributed by atoms with Crippen LogP contribution in [0, 0.1) is 5.92 Å². The van der Waals surface area contributed by atoms with Crippen molar-refractivity contribution >= 4 is 21.8 Å². The summed E-state index contributed by atoms with van der Waals surface area (Å²) in [5, 5.41) is 0. The molecule has 116 valence electrons. The van der Waals surface area contributed by atoms with Gasteiger partial charge >= 0.3 is 0 Å². The Morgan fingerprint density at radius 3 is 2.81 bits per heavy atom. The molecule has 1 aromatic carbocycles. The molecule has 0 saturated carbocycles. The van der Waals surface area contributed by atoms with Gasteiger partial charge < -0.3 is 10.6 Å². The highest BCUT2D eigenvalue weighted by molar-refractivity contribution is 9.10. The number of hydrogen-bond donors (Lipinski definition) is 1. The fourth-order valence-electron chi connectivity index (χ4n) is 3.04. The molecule has 0 aromatic heterocycles. The van der Waals surface area contributed by atoms with E-state index in [1.54, 1.807) is 0 Å². The van der Waals surface area contributed by atoms with Gasteiger partial charge in [-0.3, -0.25) is 4.79 Å². The van der Waals surface area contributed by atoms with Crippen molar-refractivity contribution < 1.29 is 4.79 Å². The van der Waals surface area contributed by atoms with Gasteiger partial charge in [-0.2, -0.15) is 0 Å². The van der Waals surface area contributed by atoms with Gasteiger partial charge in [-0.15, -0.1) is 0 Å². The van der Waals surface area contributed by atoms with E-state index >= 15 is 0 Å². The van der Waals surface area contributed by atoms with Crippen molar-refractivity contribution in [3.05, 3.63) is 34.3 Å². The highest BCUT2D eigenvalue weighted by Gasteiger charge is 2.26. The van der Waals surface area contributed by atoms with Gasteiger partial charge in [-0.1, -0.05) is 41.1 Å². The van der Waals surface area contributed by atoms with Crippen molar-refractivity contribution in [3.8, 4) is 0 Å². The Balaban J connectivity index is 1.96. The topological polar surface area (TPSA) is 46.3 Å². The molecule has 3 nitrogen and oxygen atoms in total. The first kappa shape index (κ1) is 16.5. The Hall–Kier alpha value is -0.870. The zero-order chi connectivity index (χ0) is 15.4. The number of amides is 1. The van der Waals surface area contributed by atoms with Crippen molar-refractivity contribution in [2.75, 3.05) is 13.1 Å². The largest absolute Gasteiger partial charge is 0.342 e. The van der Waals surface area contributed by atoms with E-state index in [0.717, 1.165) is 30.4 Å². The van der Waals surface area contributed by atoms with E-state index in [-0.39, 0.29) is 17.9 Å². The fourth-order valence-corrected chi connectivity index (χ4v) is 3.72. The van der Waals surface area contributed by atoms with Gasteiger partial charge in [-0.25, -0.2) is 0 Å². The van der Waals surface area contributed by atoms with Crippen LogP contribution in [0.2, 0.25) is 0 Å². The molecule has 3 atom stereocenters. The molecule has 1 aromatic rings. The lowest BCUT2D eigenvalue weighted by Gasteiger charge is -2.35. The van der Waals surface area contributed by atoms with E-state index < -0.39 is 0 Å². The predicted molar refractivity (Wildman–Crippen MR) is 90.1 cm³/mol. The van der Waals surface area contributed by atoms with Crippen LogP contribution >= 0.6 is 15.9 Å². The zero-order valence-electron chi connectivity index (χ0n) is 12.9. The van der Waals surface area contributed by atoms with Gasteiger partial charge in [-0.05, 0) is 43.2 Å². The molecule has 1 aliphatic rings. The average Bonchev–Trinajstić information content (AvgIpc) is 2.47. The van der Waals surface area contributed by atoms with Crippen molar-refractivity contribution in [3.63, 3.8) is 0 Å². The maximum Gasteiger partial charge on any atom is 0.223 e. The molecule has 4 heteroatoms. The summed E-state index contributed by atoms with van der Waals surface area (Å²) < 4.78 is 1.08. The Morgan fingerprint density at radius 2 is 2.14 bits per heavy atom. The Kier molecular flexibility index (Phi) is 5.82. The summed E-state index contributed by atoms with van der Waals surface area (Å²) in [4.78, 5) is 14.5. The lowest BCUT2D eigenvalue weighted by molar-refractivity contribution is -0.133. The molecular formula is C17H25BrN2O. The lowest BCUT2D eigenvalue weighted by atomic mass is 9.91. The fraction of sp³-hybridized carbons (Fsp3) is 0.588. The maximum absolute atomic E-state index is 12.5. The van der Waals surface area contributed by atoms with Crippen molar-refractivity contribution in [2.45, 2.75) is 45.1 Å². The van der Waals surface area contributed by atoms with Crippen molar-refractivity contribution in [1.29, 1.82) is 0 Å². The predicted octanol–water partition coefficient (Wildman–Crippen LogP) is 3.53. The highest BCUT2D eigenvalue weighted by Crippen LogP contribution is 2.28. The number of halogens is 1. The average molecular weight is 353 g/mol. The molecule has 0 aliphatic carbocycles. The van der Waals surface area contributed by atoms with E-state index in [0.29, 0.717) is 12.3 Å². The van der Waals surface area contributed by atoms with Gasteiger partial charge in [0.15, 0.2) is 0 Å². The van der Waals surface area contributed by atoms with E-state index in [2.05, 4.69) is 28.9 Å². The number of nitrogens with two attached hydrogens (primary N) is 1. The first-order valence-electron chi connectivity index (χ1n) is 7.76. The minimum absolute atomic E-state index is 0.168. The lowest BCUT2D eigenvalue weighted by Crippen LogP contribution is -2.45. The summed E-state index contributed by atoms with van der Waals surface area (Å²) in [5.74, 6) is 0.925. The first-order valence-corrected chi connectivity index (χ1v) is 8.56. The molecule has 2 N–H and O–H groups in total. The number of carbonyl (C=O) groups is 1. The summed E-state index contributed by atoms with van der Waals surface area (Å²) in [6.45, 7) is 5.86. The van der Waals surface area contributed by atoms with Gasteiger partial charge in [0.1, 0.15) is 0 Å². The Morgan fingerprint density at radius 1 is 1.43 bits per heavy atom. The number of piperidine rings is 1. The summed E-state index contributed by atoms with van der Waals surface area (Å²) in [5.41, 5.74) is 7.20. The number of benzene rings is 1. The number of nitrogens with zero attached hydrogens (tertiary/aromatic N) is 1. The summed E-state index contributed by atoms with van der Waals surface area (Å²) in [6, 6.07) is 8.31. The van der Waals surface area contributed by atoms with E-state index in [9.17, 15) is 4.79 Å². The Labute approximate surface area is 136 Å². The third kappa shape index (κ3) is 4.30. The smallest absolute Gasteiger partial charge is 0.223 e. The third-order valence-electron chi connectivity index (χ3n) is 4.47. The Bertz CT molecular complexity index is 489. The maximum atomic E-state index is 12.5. The van der Waals surface area contributed by atoms with Crippen LogP contribution in [0.15, 0.2) is 28.7 Å². The molecule has 1 fully saturated rings. The molecule has 0 spiro atoms. The highest BCUT2D eigenvalue weighted by atomic mass is 79.9. The standard InChI is InChI=1S/C17H25BrN2O/c1-12(15-7-3-4-8-16(15)18)10-17(21)20-9-5-6-14(11-20)13(2)19/h3-4,7-8,12-14H,5-6,9-11,19H2,1-2H3. The van der Waals surface area contributed by atoms with Crippen LogP contribution in [-0.2, 0) is 4.79 Å². The summed E-state index contributed by atoms with van der Waals surface area (Å²) in [7, 11) is 0. The summed E-state index contributed by atoms with van der Waals surface area (Å²) in [6.07, 6.45) is 2.77. The van der Waals surface area contributed by atoms with Crippen LogP contribution in [0.3, 0.4) is 0 Å². The molecule has 0 bridgehead atoms. The second kappa shape index (κ2) is 7.41. The monoisotopic (exact) mass is 352 g/mol. The molecule has 1 amide bonds. The first-order chi connectivity index (χ1) is 9.99. The molecule has 0 radical (unpaired) electrons. The molecule has 1 saturated heterocycles. The number of hydrogen-bond acceptors (Lipinski definition) is 2. The van der Waals surface area contributed by atoms with Crippen LogP contribution in [0.5, 0.6) is 0 Å². The SMILES string of the molecule is CC(CC(=O)N1CCCC(C(C)N)C1)c1ccccc1Br. The van der Waals surface area contributed by atoms with Crippen molar-refractivity contribution in [2.24, 2.45) is 11.7 Å². The molecule has 3 unspecified atom stereocenters. The van der Waals surface area contributed by atoms with E-state index in [1.807, 2.05) is 30.0 Å². The van der Waals surface area contributed by atoms with Crippen LogP contribution in [0.1, 0.15) is 44.6 Å². The quantitative estimate of drug-likeness (QED) is 0.900. The second-order valence-electron chi connectivity index (χ2n) is 6.23. The molecule has 1 heterocycles. The van der Waals surface area contributed by atoms with E-state index in [1.165, 1.54) is 5.56 Å². The summed E-state index contributed by atoms with van der Waals surface area (Å²) >= 11 is 3.57. The minimum atomic E-state index is 0.168. The van der Waals surface area contributed by atoms with Gasteiger partial charge in [0, 0.05) is 30.0 Å². The number of carbonyl (C=O) groups excluding carboxylic acids is 1. The van der Waals surface area contributed by atoms with Crippen LogP contribution in [0.25, 0.3) is 0 Å². The normalized spacial score (nSPS) is 21.9. The van der Waals surface area contributed by atoms with E-state index in [4.69, 9.17) is 5.73 Å². The third-order valence-corrected chi connectivity index (χ3v) is 5.19. The van der Waals surface area contributed by atoms with Gasteiger partial charge in [0.25, 0.3) is 0 Å². The van der Waals surface area contributed by atoms with Crippen LogP contribution in [0.4, 0.5) is 0 Å². The number of likely N-dealkylation sites (tertiary alicyclic amines) is 1. The second-order valence-corrected chi connectivity index (χ2v) is 7.08. The number of rotatable bonds is 4. The van der Waals surface area contributed by atoms with Gasteiger partial charge in [0.2, 0.25) is 5.91 Å². The molecule has 21 heavy (non-hydrogen) atoms. The minimum Gasteiger partial charge on any atom is -0.342 e. The van der Waals surface area contributed by atoms with Gasteiger partial charge in [0.05, 0.1) is 0 Å². The van der Waals surface area contributed by atoms with Crippen LogP contribution < -0.4 is 5.73 Å². The zero-order valence-corrected chi connectivity index (χ0v) is 14.5. The molecule has 2 rings (SSSR count). The molecule has 1 aliphatic heterocycles.